The average Bonchev–Trinajstić information content (AvgIpc) is 2.83. The molecule has 1 amide bonds. The van der Waals surface area contributed by atoms with Crippen LogP contribution in [0.25, 0.3) is 0 Å². The molecule has 1 aliphatic heterocycles. The third-order valence-electron chi connectivity index (χ3n) is 5.75. The van der Waals surface area contributed by atoms with Crippen molar-refractivity contribution in [3.63, 3.8) is 0 Å². The highest BCUT2D eigenvalue weighted by atomic mass is 32.2. The Hall–Kier alpha value is -2.78. The van der Waals surface area contributed by atoms with Crippen LogP contribution >= 0.6 is 0 Å². The number of piperidine rings is 1. The van der Waals surface area contributed by atoms with E-state index in [0.717, 1.165) is 11.1 Å². The van der Waals surface area contributed by atoms with E-state index in [4.69, 9.17) is 14.2 Å². The van der Waals surface area contributed by atoms with E-state index >= 15 is 0 Å². The summed E-state index contributed by atoms with van der Waals surface area (Å²) in [6, 6.07) is 10.3. The number of hydrogen-bond donors (Lipinski definition) is 1. The van der Waals surface area contributed by atoms with Crippen molar-refractivity contribution < 1.29 is 27.4 Å². The fourth-order valence-electron chi connectivity index (χ4n) is 3.95. The Morgan fingerprint density at radius 2 is 1.82 bits per heavy atom. The van der Waals surface area contributed by atoms with Gasteiger partial charge in [0.15, 0.2) is 11.5 Å². The topological polar surface area (TPSA) is 94.2 Å². The van der Waals surface area contributed by atoms with Gasteiger partial charge in [0.2, 0.25) is 15.9 Å². The quantitative estimate of drug-likeness (QED) is 0.598. The van der Waals surface area contributed by atoms with Crippen LogP contribution in [-0.2, 0) is 21.4 Å². The lowest BCUT2D eigenvalue weighted by Gasteiger charge is -2.31. The van der Waals surface area contributed by atoms with E-state index in [1.165, 1.54) is 4.31 Å². The molecule has 2 aromatic rings. The van der Waals surface area contributed by atoms with Gasteiger partial charge in [0.25, 0.3) is 0 Å². The molecule has 0 radical (unpaired) electrons. The summed E-state index contributed by atoms with van der Waals surface area (Å²) < 4.78 is 43.9. The standard InChI is InChI=1S/C24H32N2O6S/c1-5-32-21-11-9-20(13-17(21)2)33(28,29)26-12-6-7-19(16-26)24(27)25-15-18-8-10-22(30-3)23(14-18)31-4/h8-11,13-14,19H,5-7,12,15-16H2,1-4H3,(H,25,27)/t19-/m1/s1. The van der Waals surface area contributed by atoms with Crippen molar-refractivity contribution in [1.29, 1.82) is 0 Å². The summed E-state index contributed by atoms with van der Waals surface area (Å²) in [6.07, 6.45) is 1.27. The fraction of sp³-hybridized carbons (Fsp3) is 0.458. The first-order valence-corrected chi connectivity index (χ1v) is 12.5. The molecule has 1 heterocycles. The van der Waals surface area contributed by atoms with Crippen LogP contribution in [0.15, 0.2) is 41.3 Å². The maximum absolute atomic E-state index is 13.2. The Bertz CT molecular complexity index is 1090. The van der Waals surface area contributed by atoms with Crippen molar-refractivity contribution in [2.75, 3.05) is 33.9 Å². The highest BCUT2D eigenvalue weighted by Crippen LogP contribution is 2.29. The van der Waals surface area contributed by atoms with Crippen LogP contribution in [-0.4, -0.2) is 52.5 Å². The van der Waals surface area contributed by atoms with Crippen LogP contribution in [0.4, 0.5) is 0 Å². The Morgan fingerprint density at radius 1 is 1.09 bits per heavy atom. The molecular formula is C24H32N2O6S. The summed E-state index contributed by atoms with van der Waals surface area (Å²) in [5.74, 6) is 1.31. The average molecular weight is 477 g/mol. The van der Waals surface area contributed by atoms with Gasteiger partial charge in [-0.15, -0.1) is 0 Å². The highest BCUT2D eigenvalue weighted by molar-refractivity contribution is 7.89. The molecule has 1 fully saturated rings. The van der Waals surface area contributed by atoms with Gasteiger partial charge in [0.05, 0.1) is 31.6 Å². The highest BCUT2D eigenvalue weighted by Gasteiger charge is 2.33. The van der Waals surface area contributed by atoms with Crippen LogP contribution in [0, 0.1) is 12.8 Å². The summed E-state index contributed by atoms with van der Waals surface area (Å²) in [5, 5.41) is 2.93. The van der Waals surface area contributed by atoms with Crippen molar-refractivity contribution in [2.45, 2.75) is 38.1 Å². The number of carbonyl (C=O) groups excluding carboxylic acids is 1. The first-order chi connectivity index (χ1) is 15.8. The molecule has 1 aliphatic rings. The van der Waals surface area contributed by atoms with Crippen molar-refractivity contribution in [2.24, 2.45) is 5.92 Å². The van der Waals surface area contributed by atoms with Gasteiger partial charge in [0, 0.05) is 19.6 Å². The van der Waals surface area contributed by atoms with Crippen LogP contribution in [0.3, 0.4) is 0 Å². The maximum Gasteiger partial charge on any atom is 0.243 e. The summed E-state index contributed by atoms with van der Waals surface area (Å²) in [5.41, 5.74) is 1.63. The minimum absolute atomic E-state index is 0.159. The molecule has 2 aromatic carbocycles. The lowest BCUT2D eigenvalue weighted by molar-refractivity contribution is -0.126. The summed E-state index contributed by atoms with van der Waals surface area (Å²) in [4.78, 5) is 13.0. The number of sulfonamides is 1. The monoisotopic (exact) mass is 476 g/mol. The molecule has 3 rings (SSSR count). The molecule has 180 valence electrons. The van der Waals surface area contributed by atoms with Gasteiger partial charge < -0.3 is 19.5 Å². The van der Waals surface area contributed by atoms with E-state index in [0.29, 0.717) is 49.8 Å². The van der Waals surface area contributed by atoms with Gasteiger partial charge in [-0.1, -0.05) is 6.07 Å². The van der Waals surface area contributed by atoms with Crippen molar-refractivity contribution in [3.05, 3.63) is 47.5 Å². The zero-order valence-electron chi connectivity index (χ0n) is 19.6. The first kappa shape index (κ1) is 24.9. The second-order valence-electron chi connectivity index (χ2n) is 7.97. The van der Waals surface area contributed by atoms with E-state index in [1.54, 1.807) is 38.5 Å². The van der Waals surface area contributed by atoms with Crippen molar-refractivity contribution in [1.82, 2.24) is 9.62 Å². The molecule has 0 spiro atoms. The lowest BCUT2D eigenvalue weighted by atomic mass is 9.98. The van der Waals surface area contributed by atoms with Crippen LogP contribution < -0.4 is 19.5 Å². The number of methoxy groups -OCH3 is 2. The predicted octanol–water partition coefficient (Wildman–Crippen LogP) is 3.13. The number of rotatable bonds is 9. The van der Waals surface area contributed by atoms with E-state index in [1.807, 2.05) is 26.0 Å². The third-order valence-corrected chi connectivity index (χ3v) is 7.61. The van der Waals surface area contributed by atoms with Crippen molar-refractivity contribution >= 4 is 15.9 Å². The van der Waals surface area contributed by atoms with Gasteiger partial charge in [-0.3, -0.25) is 4.79 Å². The van der Waals surface area contributed by atoms with Crippen LogP contribution in [0.1, 0.15) is 30.9 Å². The molecule has 8 nitrogen and oxygen atoms in total. The normalized spacial score (nSPS) is 16.8. The second-order valence-corrected chi connectivity index (χ2v) is 9.91. The molecule has 0 saturated carbocycles. The minimum atomic E-state index is -3.70. The molecule has 0 aliphatic carbocycles. The Morgan fingerprint density at radius 3 is 2.48 bits per heavy atom. The zero-order chi connectivity index (χ0) is 24.0. The Labute approximate surface area is 195 Å². The number of amides is 1. The number of nitrogens with one attached hydrogen (secondary N) is 1. The smallest absolute Gasteiger partial charge is 0.243 e. The number of aryl methyl sites for hydroxylation is 1. The molecular weight excluding hydrogens is 444 g/mol. The van der Waals surface area contributed by atoms with Gasteiger partial charge in [-0.25, -0.2) is 8.42 Å². The van der Waals surface area contributed by atoms with Gasteiger partial charge in [0.1, 0.15) is 5.75 Å². The molecule has 0 bridgehead atoms. The minimum Gasteiger partial charge on any atom is -0.494 e. The van der Waals surface area contributed by atoms with E-state index < -0.39 is 15.9 Å². The molecule has 9 heteroatoms. The summed E-state index contributed by atoms with van der Waals surface area (Å²) >= 11 is 0. The molecule has 1 atom stereocenters. The van der Waals surface area contributed by atoms with E-state index in [-0.39, 0.29) is 17.3 Å². The van der Waals surface area contributed by atoms with Gasteiger partial charge >= 0.3 is 0 Å². The van der Waals surface area contributed by atoms with Crippen LogP contribution in [0.2, 0.25) is 0 Å². The molecule has 0 aromatic heterocycles. The number of nitrogens with zero attached hydrogens (tertiary/aromatic N) is 1. The largest absolute Gasteiger partial charge is 0.494 e. The van der Waals surface area contributed by atoms with E-state index in [9.17, 15) is 13.2 Å². The lowest BCUT2D eigenvalue weighted by Crippen LogP contribution is -2.45. The maximum atomic E-state index is 13.2. The fourth-order valence-corrected chi connectivity index (χ4v) is 5.56. The second kappa shape index (κ2) is 10.9. The first-order valence-electron chi connectivity index (χ1n) is 11.0. The SMILES string of the molecule is CCOc1ccc(S(=O)(=O)N2CCC[C@@H](C(=O)NCc3ccc(OC)c(OC)c3)C2)cc1C. The number of hydrogen-bond acceptors (Lipinski definition) is 6. The van der Waals surface area contributed by atoms with Crippen LogP contribution in [0.5, 0.6) is 17.2 Å². The number of carbonyl (C=O) groups is 1. The Kier molecular flexibility index (Phi) is 8.20. The van der Waals surface area contributed by atoms with Gasteiger partial charge in [-0.2, -0.15) is 4.31 Å². The molecule has 1 saturated heterocycles. The third kappa shape index (κ3) is 5.78. The predicted molar refractivity (Wildman–Crippen MR) is 125 cm³/mol. The molecule has 33 heavy (non-hydrogen) atoms. The summed E-state index contributed by atoms with van der Waals surface area (Å²) in [6.45, 7) is 5.10. The van der Waals surface area contributed by atoms with Gasteiger partial charge in [-0.05, 0) is 68.1 Å². The Balaban J connectivity index is 1.66. The number of ether oxygens (including phenoxy) is 3. The molecule has 1 N–H and O–H groups in total. The number of benzene rings is 2. The zero-order valence-corrected chi connectivity index (χ0v) is 20.4. The summed E-state index contributed by atoms with van der Waals surface area (Å²) in [7, 11) is -0.574. The van der Waals surface area contributed by atoms with Crippen molar-refractivity contribution in [3.8, 4) is 17.2 Å². The van der Waals surface area contributed by atoms with E-state index in [2.05, 4.69) is 5.32 Å². The molecule has 0 unspecified atom stereocenters.